The lowest BCUT2D eigenvalue weighted by Gasteiger charge is -2.18. The molecule has 0 fully saturated rings. The molecule has 0 aromatic rings. The van der Waals surface area contributed by atoms with Gasteiger partial charge in [0.2, 0.25) is 0 Å². The Kier molecular flexibility index (Phi) is 50.0. The summed E-state index contributed by atoms with van der Waals surface area (Å²) in [6.07, 6.45) is 73.2. The van der Waals surface area contributed by atoms with E-state index in [0.29, 0.717) is 19.3 Å². The standard InChI is InChI=1S/C60H96O6/c1-4-7-10-13-16-19-22-25-27-29-30-32-33-35-38-41-44-47-50-53-59(62)65-56-57(55-64-58(61)52-49-46-43-40-37-24-21-18-15-12-9-6-3)66-60(63)54-51-48-45-42-39-36-34-31-28-26-23-20-17-14-11-8-5-2/h7-8,10-11,14,16-17,19-20,23,25-28,30-32,34,36,39,57H,4-6,9,12-13,15,18,21-22,24,29,33,35,37-38,40-56H2,1-3H3/b10-7-,11-8-,17-14-,19-16-,23-20-,27-25-,28-26-,32-30-,34-31+,39-36-. The molecule has 0 bridgehead atoms. The molecule has 0 spiro atoms. The third-order valence-corrected chi connectivity index (χ3v) is 10.9. The Morgan fingerprint density at radius 2 is 0.667 bits per heavy atom. The van der Waals surface area contributed by atoms with Gasteiger partial charge in [0.05, 0.1) is 0 Å². The van der Waals surface area contributed by atoms with Gasteiger partial charge < -0.3 is 14.2 Å². The van der Waals surface area contributed by atoms with Gasteiger partial charge in [0, 0.05) is 19.3 Å². The van der Waals surface area contributed by atoms with Gasteiger partial charge in [-0.25, -0.2) is 0 Å². The summed E-state index contributed by atoms with van der Waals surface area (Å²) in [6, 6.07) is 0. The zero-order chi connectivity index (χ0) is 47.9. The predicted octanol–water partition coefficient (Wildman–Crippen LogP) is 17.7. The summed E-state index contributed by atoms with van der Waals surface area (Å²) in [6.45, 7) is 6.32. The Morgan fingerprint density at radius 1 is 0.333 bits per heavy atom. The fraction of sp³-hybridized carbons (Fsp3) is 0.617. The molecular formula is C60H96O6. The van der Waals surface area contributed by atoms with Gasteiger partial charge in [0.1, 0.15) is 13.2 Å². The van der Waals surface area contributed by atoms with Crippen LogP contribution in [0.4, 0.5) is 0 Å². The first-order valence-corrected chi connectivity index (χ1v) is 26.6. The maximum absolute atomic E-state index is 12.8. The van der Waals surface area contributed by atoms with Crippen LogP contribution in [0.2, 0.25) is 0 Å². The normalized spacial score (nSPS) is 13.1. The Bertz CT molecular complexity index is 1420. The molecule has 0 radical (unpaired) electrons. The first-order valence-electron chi connectivity index (χ1n) is 26.6. The van der Waals surface area contributed by atoms with Crippen LogP contribution in [0.5, 0.6) is 0 Å². The molecule has 0 aromatic heterocycles. The first kappa shape index (κ1) is 61.8. The van der Waals surface area contributed by atoms with Crippen LogP contribution in [0.1, 0.15) is 220 Å². The number of unbranched alkanes of at least 4 members (excludes halogenated alkanes) is 20. The maximum atomic E-state index is 12.8. The van der Waals surface area contributed by atoms with E-state index in [2.05, 4.69) is 81.5 Å². The number of esters is 3. The highest BCUT2D eigenvalue weighted by Crippen LogP contribution is 2.14. The van der Waals surface area contributed by atoms with Crippen LogP contribution < -0.4 is 0 Å². The van der Waals surface area contributed by atoms with E-state index in [4.69, 9.17) is 14.2 Å². The summed E-state index contributed by atoms with van der Waals surface area (Å²) in [5, 5.41) is 0. The van der Waals surface area contributed by atoms with Gasteiger partial charge in [0.15, 0.2) is 6.10 Å². The monoisotopic (exact) mass is 913 g/mol. The maximum Gasteiger partial charge on any atom is 0.306 e. The lowest BCUT2D eigenvalue weighted by molar-refractivity contribution is -0.167. The summed E-state index contributed by atoms with van der Waals surface area (Å²) in [7, 11) is 0. The third-order valence-electron chi connectivity index (χ3n) is 10.9. The SMILES string of the molecule is CC\C=C/C=C\C=C/C=C\C=C\C=C/CCCCCC(=O)OC(COC(=O)CCCCCCCC/C=C\C/C=C\C/C=C\C/C=C\CC)COC(=O)CCCCCCCCCCCCCC. The van der Waals surface area contributed by atoms with Crippen molar-refractivity contribution in [2.75, 3.05) is 13.2 Å². The summed E-state index contributed by atoms with van der Waals surface area (Å²) < 4.78 is 16.8. The van der Waals surface area contributed by atoms with Crippen molar-refractivity contribution in [3.05, 3.63) is 122 Å². The molecule has 1 atom stereocenters. The van der Waals surface area contributed by atoms with E-state index < -0.39 is 6.10 Å². The van der Waals surface area contributed by atoms with E-state index in [1.807, 2.05) is 60.8 Å². The highest BCUT2D eigenvalue weighted by Gasteiger charge is 2.19. The van der Waals surface area contributed by atoms with E-state index in [1.165, 1.54) is 70.6 Å². The number of rotatable bonds is 46. The van der Waals surface area contributed by atoms with Crippen molar-refractivity contribution in [1.29, 1.82) is 0 Å². The summed E-state index contributed by atoms with van der Waals surface area (Å²) in [4.78, 5) is 38.0. The smallest absolute Gasteiger partial charge is 0.306 e. The number of carbonyl (C=O) groups excluding carboxylic acids is 3. The highest BCUT2D eigenvalue weighted by molar-refractivity contribution is 5.71. The minimum Gasteiger partial charge on any atom is -0.462 e. The first-order chi connectivity index (χ1) is 32.5. The quantitative estimate of drug-likeness (QED) is 0.0199. The number of carbonyl (C=O) groups is 3. The van der Waals surface area contributed by atoms with Crippen LogP contribution >= 0.6 is 0 Å². The molecule has 0 aliphatic heterocycles. The predicted molar refractivity (Wildman–Crippen MR) is 283 cm³/mol. The number of hydrogen-bond acceptors (Lipinski definition) is 6. The van der Waals surface area contributed by atoms with Crippen LogP contribution in [0.3, 0.4) is 0 Å². The second kappa shape index (κ2) is 53.4. The molecule has 0 saturated carbocycles. The molecular weight excluding hydrogens is 817 g/mol. The van der Waals surface area contributed by atoms with Crippen LogP contribution in [0.15, 0.2) is 122 Å². The van der Waals surface area contributed by atoms with Crippen LogP contribution in [0, 0.1) is 0 Å². The molecule has 0 rings (SSSR count). The molecule has 6 heteroatoms. The summed E-state index contributed by atoms with van der Waals surface area (Å²) in [5.74, 6) is -0.966. The fourth-order valence-corrected chi connectivity index (χ4v) is 6.93. The van der Waals surface area contributed by atoms with Crippen molar-refractivity contribution in [2.45, 2.75) is 226 Å². The number of ether oxygens (including phenoxy) is 3. The average molecular weight is 913 g/mol. The molecule has 66 heavy (non-hydrogen) atoms. The molecule has 0 aliphatic carbocycles. The molecule has 0 amide bonds. The van der Waals surface area contributed by atoms with Gasteiger partial charge in [-0.2, -0.15) is 0 Å². The van der Waals surface area contributed by atoms with Gasteiger partial charge in [-0.1, -0.05) is 245 Å². The second-order valence-electron chi connectivity index (χ2n) is 17.2. The topological polar surface area (TPSA) is 78.9 Å². The van der Waals surface area contributed by atoms with Gasteiger partial charge in [-0.05, 0) is 77.0 Å². The Balaban J connectivity index is 4.50. The van der Waals surface area contributed by atoms with E-state index >= 15 is 0 Å². The molecule has 0 aromatic carbocycles. The third kappa shape index (κ3) is 50.8. The molecule has 0 aliphatic rings. The number of hydrogen-bond donors (Lipinski definition) is 0. The van der Waals surface area contributed by atoms with Gasteiger partial charge in [-0.15, -0.1) is 0 Å². The van der Waals surface area contributed by atoms with Crippen molar-refractivity contribution in [3.63, 3.8) is 0 Å². The van der Waals surface area contributed by atoms with Crippen molar-refractivity contribution < 1.29 is 28.6 Å². The van der Waals surface area contributed by atoms with Crippen LogP contribution in [-0.4, -0.2) is 37.2 Å². The van der Waals surface area contributed by atoms with E-state index in [0.717, 1.165) is 103 Å². The Morgan fingerprint density at radius 3 is 1.12 bits per heavy atom. The van der Waals surface area contributed by atoms with E-state index in [9.17, 15) is 14.4 Å². The number of allylic oxidation sites excluding steroid dienone is 20. The van der Waals surface area contributed by atoms with Crippen molar-refractivity contribution >= 4 is 17.9 Å². The molecule has 0 N–H and O–H groups in total. The zero-order valence-electron chi connectivity index (χ0n) is 42.4. The van der Waals surface area contributed by atoms with E-state index in [-0.39, 0.29) is 37.5 Å². The molecule has 372 valence electrons. The van der Waals surface area contributed by atoms with Crippen molar-refractivity contribution in [3.8, 4) is 0 Å². The second-order valence-corrected chi connectivity index (χ2v) is 17.2. The van der Waals surface area contributed by atoms with Crippen LogP contribution in [-0.2, 0) is 28.6 Å². The van der Waals surface area contributed by atoms with Crippen molar-refractivity contribution in [1.82, 2.24) is 0 Å². The van der Waals surface area contributed by atoms with Gasteiger partial charge in [-0.3, -0.25) is 14.4 Å². The van der Waals surface area contributed by atoms with Crippen LogP contribution in [0.25, 0.3) is 0 Å². The van der Waals surface area contributed by atoms with Gasteiger partial charge in [0.25, 0.3) is 0 Å². The zero-order valence-corrected chi connectivity index (χ0v) is 42.4. The molecule has 6 nitrogen and oxygen atoms in total. The molecule has 0 saturated heterocycles. The lowest BCUT2D eigenvalue weighted by atomic mass is 10.0. The largest absolute Gasteiger partial charge is 0.462 e. The Labute approximate surface area is 405 Å². The van der Waals surface area contributed by atoms with Gasteiger partial charge >= 0.3 is 17.9 Å². The Hall–Kier alpha value is -4.19. The van der Waals surface area contributed by atoms with E-state index in [1.54, 1.807) is 0 Å². The fourth-order valence-electron chi connectivity index (χ4n) is 6.93. The van der Waals surface area contributed by atoms with Crippen molar-refractivity contribution in [2.24, 2.45) is 0 Å². The minimum atomic E-state index is -0.809. The molecule has 0 heterocycles. The molecule has 1 unspecified atom stereocenters. The average Bonchev–Trinajstić information content (AvgIpc) is 3.31. The minimum absolute atomic E-state index is 0.103. The summed E-state index contributed by atoms with van der Waals surface area (Å²) in [5.41, 5.74) is 0. The summed E-state index contributed by atoms with van der Waals surface area (Å²) >= 11 is 0. The highest BCUT2D eigenvalue weighted by atomic mass is 16.6. The lowest BCUT2D eigenvalue weighted by Crippen LogP contribution is -2.30.